The molecule has 3 aromatic rings. The zero-order chi connectivity index (χ0) is 28.3. The molecule has 0 radical (unpaired) electrons. The van der Waals surface area contributed by atoms with Crippen LogP contribution in [-0.4, -0.2) is 30.1 Å². The lowest BCUT2D eigenvalue weighted by molar-refractivity contribution is -0.138. The molecule has 0 fully saturated rings. The molecule has 0 saturated carbocycles. The monoisotopic (exact) mass is 547 g/mol. The summed E-state index contributed by atoms with van der Waals surface area (Å²) in [6.07, 6.45) is -4.52. The number of ether oxygens (including phenoxy) is 1. The topological polar surface area (TPSA) is 75.6 Å². The predicted octanol–water partition coefficient (Wildman–Crippen LogP) is 7.46. The fourth-order valence-electron chi connectivity index (χ4n) is 4.26. The number of aliphatic carboxylic acids is 1. The highest BCUT2D eigenvalue weighted by atomic mass is 32.1. The largest absolute Gasteiger partial charge is 0.493 e. The molecule has 5 nitrogen and oxygen atoms in total. The van der Waals surface area contributed by atoms with Gasteiger partial charge in [0.1, 0.15) is 5.75 Å². The molecule has 204 valence electrons. The van der Waals surface area contributed by atoms with E-state index in [9.17, 15) is 22.8 Å². The summed E-state index contributed by atoms with van der Waals surface area (Å²) in [5.74, 6) is -0.641. The fraction of sp³-hybridized carbons (Fsp3) is 0.379. The molecule has 2 aromatic carbocycles. The molecule has 1 amide bonds. The molecule has 1 unspecified atom stereocenters. The molecule has 9 heteroatoms. The average Bonchev–Trinajstić information content (AvgIpc) is 3.27. The summed E-state index contributed by atoms with van der Waals surface area (Å²) in [5, 5.41) is 11.4. The summed E-state index contributed by atoms with van der Waals surface area (Å²) in [6.45, 7) is 10.5. The summed E-state index contributed by atoms with van der Waals surface area (Å²) in [6, 6.07) is 12.6. The Morgan fingerprint density at radius 2 is 1.61 bits per heavy atom. The van der Waals surface area contributed by atoms with Crippen LogP contribution in [0.25, 0.3) is 11.1 Å². The quantitative estimate of drug-likeness (QED) is 0.292. The number of carboxylic acid groups (broad SMARTS) is 1. The van der Waals surface area contributed by atoms with Gasteiger partial charge in [-0.3, -0.25) is 9.59 Å². The Balaban J connectivity index is 1.76. The van der Waals surface area contributed by atoms with Gasteiger partial charge in [0.25, 0.3) is 5.91 Å². The number of alkyl halides is 3. The van der Waals surface area contributed by atoms with Crippen LogP contribution in [0.3, 0.4) is 0 Å². The van der Waals surface area contributed by atoms with Crippen LogP contribution in [0.15, 0.2) is 48.5 Å². The maximum atomic E-state index is 13.0. The van der Waals surface area contributed by atoms with Crippen LogP contribution in [0.5, 0.6) is 5.75 Å². The van der Waals surface area contributed by atoms with Crippen molar-refractivity contribution in [2.45, 2.75) is 53.1 Å². The first-order valence-corrected chi connectivity index (χ1v) is 13.0. The Morgan fingerprint density at radius 3 is 2.13 bits per heavy atom. The van der Waals surface area contributed by atoms with Gasteiger partial charge >= 0.3 is 12.1 Å². The molecule has 3 rings (SSSR count). The van der Waals surface area contributed by atoms with E-state index < -0.39 is 17.7 Å². The van der Waals surface area contributed by atoms with E-state index in [4.69, 9.17) is 9.84 Å². The van der Waals surface area contributed by atoms with Crippen LogP contribution < -0.4 is 10.1 Å². The number of nitrogens with one attached hydrogen (secondary N) is 1. The molecular weight excluding hydrogens is 515 g/mol. The molecule has 38 heavy (non-hydrogen) atoms. The Morgan fingerprint density at radius 1 is 1.00 bits per heavy atom. The lowest BCUT2D eigenvalue weighted by Crippen LogP contribution is -2.25. The smallest absolute Gasteiger partial charge is 0.416 e. The number of hydrogen-bond acceptors (Lipinski definition) is 4. The number of rotatable bonds is 9. The Kier molecular flexibility index (Phi) is 8.92. The Hall–Kier alpha value is -3.33. The van der Waals surface area contributed by atoms with Gasteiger partial charge in [-0.25, -0.2) is 0 Å². The predicted molar refractivity (Wildman–Crippen MR) is 143 cm³/mol. The summed E-state index contributed by atoms with van der Waals surface area (Å²) in [7, 11) is 0. The van der Waals surface area contributed by atoms with Gasteiger partial charge in [-0.15, -0.1) is 11.3 Å². The van der Waals surface area contributed by atoms with E-state index in [0.717, 1.165) is 33.7 Å². The van der Waals surface area contributed by atoms with E-state index in [1.54, 1.807) is 6.07 Å². The zero-order valence-electron chi connectivity index (χ0n) is 22.0. The summed E-state index contributed by atoms with van der Waals surface area (Å²) < 4.78 is 45.1. The molecule has 0 bridgehead atoms. The molecule has 0 saturated heterocycles. The number of carbonyl (C=O) groups is 2. The fourth-order valence-corrected chi connectivity index (χ4v) is 5.51. The highest BCUT2D eigenvalue weighted by Crippen LogP contribution is 2.40. The Labute approximate surface area is 224 Å². The van der Waals surface area contributed by atoms with Gasteiger partial charge < -0.3 is 15.2 Å². The van der Waals surface area contributed by atoms with Crippen molar-refractivity contribution in [2.24, 2.45) is 5.41 Å². The van der Waals surface area contributed by atoms with Crippen LogP contribution in [-0.2, 0) is 11.0 Å². The van der Waals surface area contributed by atoms with E-state index in [2.05, 4.69) is 26.1 Å². The van der Waals surface area contributed by atoms with Gasteiger partial charge in [-0.05, 0) is 77.9 Å². The number of aryl methyl sites for hydroxylation is 2. The van der Waals surface area contributed by atoms with Gasteiger partial charge in [0, 0.05) is 17.3 Å². The van der Waals surface area contributed by atoms with E-state index in [0.29, 0.717) is 22.8 Å². The molecule has 1 atom stereocenters. The SMILES string of the molecule is Cc1cc(OCC(c2ccc(C(=O)NCCC(=O)O)s2)C(C)(C)C)cc(C)c1-c1ccc(C(F)(F)F)cc1. The van der Waals surface area contributed by atoms with Crippen molar-refractivity contribution >= 4 is 23.2 Å². The molecule has 0 aliphatic rings. The molecule has 0 spiro atoms. The van der Waals surface area contributed by atoms with Crippen LogP contribution in [0.1, 0.15) is 64.3 Å². The van der Waals surface area contributed by atoms with Crippen molar-refractivity contribution in [3.8, 4) is 16.9 Å². The molecule has 1 aromatic heterocycles. The first-order valence-electron chi connectivity index (χ1n) is 12.2. The van der Waals surface area contributed by atoms with E-state index >= 15 is 0 Å². The minimum absolute atomic E-state index is 0.0247. The average molecular weight is 548 g/mol. The van der Waals surface area contributed by atoms with Gasteiger partial charge in [-0.1, -0.05) is 32.9 Å². The zero-order valence-corrected chi connectivity index (χ0v) is 22.8. The summed E-state index contributed by atoms with van der Waals surface area (Å²) in [4.78, 5) is 24.6. The first-order chi connectivity index (χ1) is 17.7. The van der Waals surface area contributed by atoms with Crippen molar-refractivity contribution in [2.75, 3.05) is 13.2 Å². The van der Waals surface area contributed by atoms with Crippen LogP contribution in [0.2, 0.25) is 0 Å². The maximum Gasteiger partial charge on any atom is 0.416 e. The van der Waals surface area contributed by atoms with E-state index in [1.807, 2.05) is 32.0 Å². The number of carboxylic acids is 1. The van der Waals surface area contributed by atoms with Gasteiger partial charge in [0.15, 0.2) is 0 Å². The van der Waals surface area contributed by atoms with Crippen LogP contribution >= 0.6 is 11.3 Å². The second-order valence-electron chi connectivity index (χ2n) is 10.3. The molecule has 1 heterocycles. The minimum atomic E-state index is -4.38. The van der Waals surface area contributed by atoms with Crippen molar-refractivity contribution < 1.29 is 32.6 Å². The number of hydrogen-bond donors (Lipinski definition) is 2. The summed E-state index contributed by atoms with van der Waals surface area (Å²) in [5.41, 5.74) is 2.51. The van der Waals surface area contributed by atoms with Gasteiger partial charge in [0.05, 0.1) is 23.5 Å². The number of benzene rings is 2. The molecule has 0 aliphatic heterocycles. The second-order valence-corrected chi connectivity index (χ2v) is 11.5. The van der Waals surface area contributed by atoms with E-state index in [-0.39, 0.29) is 30.2 Å². The summed E-state index contributed by atoms with van der Waals surface area (Å²) >= 11 is 1.36. The number of carbonyl (C=O) groups excluding carboxylic acids is 1. The lowest BCUT2D eigenvalue weighted by Gasteiger charge is -2.30. The highest BCUT2D eigenvalue weighted by Gasteiger charge is 2.31. The minimum Gasteiger partial charge on any atom is -0.493 e. The standard InChI is InChI=1S/C29H32F3NO4S/c1-17-14-21(15-18(2)26(17)19-6-8-20(9-7-19)29(30,31)32)37-16-22(28(3,4)5)23-10-11-24(38-23)27(36)33-13-12-25(34)35/h6-11,14-15,22H,12-13,16H2,1-5H3,(H,33,36)(H,34,35). The van der Waals surface area contributed by atoms with Crippen molar-refractivity contribution in [1.82, 2.24) is 5.32 Å². The van der Waals surface area contributed by atoms with Crippen molar-refractivity contribution in [1.29, 1.82) is 0 Å². The molecule has 2 N–H and O–H groups in total. The number of thiophene rings is 1. The van der Waals surface area contributed by atoms with E-state index in [1.165, 1.54) is 23.5 Å². The number of amides is 1. The molecule has 0 aliphatic carbocycles. The van der Waals surface area contributed by atoms with Gasteiger partial charge in [-0.2, -0.15) is 13.2 Å². The third-order valence-electron chi connectivity index (χ3n) is 6.29. The first kappa shape index (κ1) is 29.2. The van der Waals surface area contributed by atoms with Crippen molar-refractivity contribution in [3.63, 3.8) is 0 Å². The van der Waals surface area contributed by atoms with Crippen LogP contribution in [0, 0.1) is 19.3 Å². The highest BCUT2D eigenvalue weighted by molar-refractivity contribution is 7.14. The lowest BCUT2D eigenvalue weighted by atomic mass is 9.80. The third kappa shape index (κ3) is 7.37. The second kappa shape index (κ2) is 11.6. The van der Waals surface area contributed by atoms with Gasteiger partial charge in [0.2, 0.25) is 0 Å². The normalized spacial score (nSPS) is 12.7. The number of halogens is 3. The Bertz CT molecular complexity index is 1270. The van der Waals surface area contributed by atoms with Crippen LogP contribution in [0.4, 0.5) is 13.2 Å². The third-order valence-corrected chi connectivity index (χ3v) is 7.49. The maximum absolute atomic E-state index is 13.0. The van der Waals surface area contributed by atoms with Crippen molar-refractivity contribution in [3.05, 3.63) is 75.0 Å². The molecular formula is C29H32F3NO4S.